The third-order valence-electron chi connectivity index (χ3n) is 3.54. The molecule has 0 aliphatic carbocycles. The van der Waals surface area contributed by atoms with Crippen molar-refractivity contribution in [2.24, 2.45) is 0 Å². The fraction of sp³-hybridized carbons (Fsp3) is 0.278. The van der Waals surface area contributed by atoms with Gasteiger partial charge in [-0.05, 0) is 38.1 Å². The van der Waals surface area contributed by atoms with Crippen LogP contribution in [-0.4, -0.2) is 23.6 Å². The number of alkyl halides is 3. The lowest BCUT2D eigenvalue weighted by atomic mass is 10.2. The number of carbonyl (C=O) groups excluding carboxylic acids is 1. The molecule has 11 heteroatoms. The number of ether oxygens (including phenoxy) is 3. The summed E-state index contributed by atoms with van der Waals surface area (Å²) in [4.78, 5) is 22.2. The molecule has 2 aromatic rings. The second-order valence-electron chi connectivity index (χ2n) is 5.64. The van der Waals surface area contributed by atoms with E-state index in [1.54, 1.807) is 6.92 Å². The van der Waals surface area contributed by atoms with E-state index in [1.807, 2.05) is 0 Å². The number of benzene rings is 2. The molecule has 0 saturated heterocycles. The van der Waals surface area contributed by atoms with Crippen LogP contribution < -0.4 is 9.47 Å². The molecule has 0 aliphatic rings. The van der Waals surface area contributed by atoms with E-state index >= 15 is 0 Å². The van der Waals surface area contributed by atoms with Crippen molar-refractivity contribution in [2.75, 3.05) is 6.61 Å². The van der Waals surface area contributed by atoms with Crippen molar-refractivity contribution < 1.29 is 37.1 Å². The molecule has 0 N–H and O–H groups in total. The predicted octanol–water partition coefficient (Wildman–Crippen LogP) is 5.39. The molecule has 0 bridgehead atoms. The van der Waals surface area contributed by atoms with E-state index in [0.717, 1.165) is 24.3 Å². The Morgan fingerprint density at radius 3 is 2.45 bits per heavy atom. The van der Waals surface area contributed by atoms with Gasteiger partial charge < -0.3 is 14.2 Å². The highest BCUT2D eigenvalue weighted by Gasteiger charge is 2.31. The standard InChI is InChI=1S/C18H15ClF3NO6/c1-3-27-17(24)10(2)28-16-9-12(5-6-14(16)23(25)26)29-15-7-4-11(8-13(15)19)18(20,21)22/h4-10H,3H2,1-2H3. The second-order valence-corrected chi connectivity index (χ2v) is 6.05. The minimum absolute atomic E-state index is 0.00307. The van der Waals surface area contributed by atoms with E-state index in [0.29, 0.717) is 6.07 Å². The Morgan fingerprint density at radius 1 is 1.21 bits per heavy atom. The first kappa shape index (κ1) is 22.3. The molecule has 0 aliphatic heterocycles. The summed E-state index contributed by atoms with van der Waals surface area (Å²) < 4.78 is 53.7. The number of hydrogen-bond acceptors (Lipinski definition) is 6. The molecule has 0 spiro atoms. The summed E-state index contributed by atoms with van der Waals surface area (Å²) in [5.74, 6) is -1.10. The first-order valence-corrected chi connectivity index (χ1v) is 8.57. The highest BCUT2D eigenvalue weighted by molar-refractivity contribution is 6.32. The molecule has 0 heterocycles. The summed E-state index contributed by atoms with van der Waals surface area (Å²) in [7, 11) is 0. The van der Waals surface area contributed by atoms with Crippen LogP contribution in [0.4, 0.5) is 18.9 Å². The van der Waals surface area contributed by atoms with E-state index in [4.69, 9.17) is 25.8 Å². The van der Waals surface area contributed by atoms with Gasteiger partial charge in [-0.3, -0.25) is 10.1 Å². The van der Waals surface area contributed by atoms with Crippen LogP contribution in [0.5, 0.6) is 17.2 Å². The van der Waals surface area contributed by atoms with Crippen LogP contribution in [-0.2, 0) is 15.7 Å². The largest absolute Gasteiger partial charge is 0.472 e. The van der Waals surface area contributed by atoms with Gasteiger partial charge in [0.15, 0.2) is 6.10 Å². The number of hydrogen-bond donors (Lipinski definition) is 0. The van der Waals surface area contributed by atoms with Crippen molar-refractivity contribution in [3.8, 4) is 17.2 Å². The molecule has 0 radical (unpaired) electrons. The van der Waals surface area contributed by atoms with Crippen LogP contribution in [0.15, 0.2) is 36.4 Å². The Kier molecular flexibility index (Phi) is 6.91. The molecule has 2 aromatic carbocycles. The molecule has 29 heavy (non-hydrogen) atoms. The molecular formula is C18H15ClF3NO6. The van der Waals surface area contributed by atoms with Gasteiger partial charge in [0.2, 0.25) is 5.75 Å². The zero-order valence-corrected chi connectivity index (χ0v) is 15.9. The van der Waals surface area contributed by atoms with Crippen LogP contribution in [0.1, 0.15) is 19.4 Å². The number of carbonyl (C=O) groups is 1. The van der Waals surface area contributed by atoms with Crippen molar-refractivity contribution in [1.82, 2.24) is 0 Å². The molecule has 0 fully saturated rings. The summed E-state index contributed by atoms with van der Waals surface area (Å²) in [6, 6.07) is 5.92. The molecule has 0 saturated carbocycles. The van der Waals surface area contributed by atoms with Gasteiger partial charge in [0, 0.05) is 12.1 Å². The minimum Gasteiger partial charge on any atom is -0.472 e. The third kappa shape index (κ3) is 5.74. The van der Waals surface area contributed by atoms with Crippen LogP contribution in [0.3, 0.4) is 0 Å². The Hall–Kier alpha value is -3.01. The average molecular weight is 434 g/mol. The molecule has 156 valence electrons. The quantitative estimate of drug-likeness (QED) is 0.330. The second kappa shape index (κ2) is 8.99. The maximum atomic E-state index is 12.7. The number of nitro benzene ring substituents is 1. The van der Waals surface area contributed by atoms with E-state index in [2.05, 4.69) is 0 Å². The normalized spacial score (nSPS) is 12.2. The van der Waals surface area contributed by atoms with Crippen LogP contribution in [0.2, 0.25) is 5.02 Å². The van der Waals surface area contributed by atoms with Crippen LogP contribution >= 0.6 is 11.6 Å². The molecule has 2 rings (SSSR count). The first-order chi connectivity index (χ1) is 13.5. The number of nitrogens with zero attached hydrogens (tertiary/aromatic N) is 1. The first-order valence-electron chi connectivity index (χ1n) is 8.19. The number of halogens is 4. The smallest absolute Gasteiger partial charge is 0.416 e. The Labute approximate surface area is 168 Å². The average Bonchev–Trinajstić information content (AvgIpc) is 2.62. The summed E-state index contributed by atoms with van der Waals surface area (Å²) in [5, 5.41) is 10.9. The van der Waals surface area contributed by atoms with Gasteiger partial charge in [-0.15, -0.1) is 0 Å². The maximum absolute atomic E-state index is 12.7. The molecule has 0 amide bonds. The van der Waals surface area contributed by atoms with Crippen molar-refractivity contribution in [2.45, 2.75) is 26.1 Å². The van der Waals surface area contributed by atoms with Gasteiger partial charge in [-0.25, -0.2) is 4.79 Å². The molecule has 1 atom stereocenters. The zero-order chi connectivity index (χ0) is 21.8. The fourth-order valence-corrected chi connectivity index (χ4v) is 2.41. The van der Waals surface area contributed by atoms with Crippen molar-refractivity contribution >= 4 is 23.3 Å². The van der Waals surface area contributed by atoms with E-state index in [-0.39, 0.29) is 28.9 Å². The predicted molar refractivity (Wildman–Crippen MR) is 96.3 cm³/mol. The Morgan fingerprint density at radius 2 is 1.90 bits per heavy atom. The molecular weight excluding hydrogens is 419 g/mol. The SMILES string of the molecule is CCOC(=O)C(C)Oc1cc(Oc2ccc(C(F)(F)F)cc2Cl)ccc1[N+](=O)[O-]. The summed E-state index contributed by atoms with van der Waals surface area (Å²) in [6.07, 6.45) is -5.71. The Bertz CT molecular complexity index is 919. The summed E-state index contributed by atoms with van der Waals surface area (Å²) in [5.41, 5.74) is -1.39. The lowest BCUT2D eigenvalue weighted by Crippen LogP contribution is -2.26. The topological polar surface area (TPSA) is 87.9 Å². The van der Waals surface area contributed by atoms with Crippen molar-refractivity contribution in [1.29, 1.82) is 0 Å². The number of nitro groups is 1. The zero-order valence-electron chi connectivity index (χ0n) is 15.2. The number of esters is 1. The lowest BCUT2D eigenvalue weighted by molar-refractivity contribution is -0.386. The minimum atomic E-state index is -4.57. The highest BCUT2D eigenvalue weighted by Crippen LogP contribution is 2.38. The van der Waals surface area contributed by atoms with Gasteiger partial charge >= 0.3 is 17.8 Å². The maximum Gasteiger partial charge on any atom is 0.416 e. The van der Waals surface area contributed by atoms with Gasteiger partial charge in [0.25, 0.3) is 0 Å². The monoisotopic (exact) mass is 433 g/mol. The van der Waals surface area contributed by atoms with Gasteiger partial charge in [-0.1, -0.05) is 11.6 Å². The molecule has 0 aromatic heterocycles. The van der Waals surface area contributed by atoms with Crippen LogP contribution in [0, 0.1) is 10.1 Å². The van der Waals surface area contributed by atoms with Gasteiger partial charge in [0.05, 0.1) is 22.1 Å². The Balaban J connectivity index is 2.31. The fourth-order valence-electron chi connectivity index (χ4n) is 2.19. The van der Waals surface area contributed by atoms with E-state index in [9.17, 15) is 28.1 Å². The van der Waals surface area contributed by atoms with E-state index in [1.165, 1.54) is 13.0 Å². The lowest BCUT2D eigenvalue weighted by Gasteiger charge is -2.15. The van der Waals surface area contributed by atoms with Gasteiger partial charge in [-0.2, -0.15) is 13.2 Å². The summed E-state index contributed by atoms with van der Waals surface area (Å²) in [6.45, 7) is 3.04. The number of rotatable bonds is 7. The highest BCUT2D eigenvalue weighted by atomic mass is 35.5. The summed E-state index contributed by atoms with van der Waals surface area (Å²) >= 11 is 5.84. The van der Waals surface area contributed by atoms with Crippen molar-refractivity contribution in [3.05, 3.63) is 57.1 Å². The van der Waals surface area contributed by atoms with Crippen LogP contribution in [0.25, 0.3) is 0 Å². The van der Waals surface area contributed by atoms with Gasteiger partial charge in [0.1, 0.15) is 11.5 Å². The van der Waals surface area contributed by atoms with E-state index < -0.39 is 34.4 Å². The molecule has 7 nitrogen and oxygen atoms in total. The molecule has 1 unspecified atom stereocenters. The third-order valence-corrected chi connectivity index (χ3v) is 3.83. The van der Waals surface area contributed by atoms with Crippen molar-refractivity contribution in [3.63, 3.8) is 0 Å².